The highest BCUT2D eigenvalue weighted by molar-refractivity contribution is 6.04. The summed E-state index contributed by atoms with van der Waals surface area (Å²) in [5.41, 5.74) is 10.3. The zero-order valence-electron chi connectivity index (χ0n) is 16.2. The van der Waals surface area contributed by atoms with Gasteiger partial charge in [-0.1, -0.05) is 42.5 Å². The fourth-order valence-electron chi connectivity index (χ4n) is 2.87. The predicted molar refractivity (Wildman–Crippen MR) is 107 cm³/mol. The van der Waals surface area contributed by atoms with Gasteiger partial charge in [-0.15, -0.1) is 5.10 Å². The number of primary amides is 1. The maximum Gasteiger partial charge on any atom is 0.278 e. The highest BCUT2D eigenvalue weighted by Crippen LogP contribution is 2.18. The van der Waals surface area contributed by atoms with E-state index in [-0.39, 0.29) is 11.6 Å². The van der Waals surface area contributed by atoms with E-state index in [9.17, 15) is 9.59 Å². The van der Waals surface area contributed by atoms with Gasteiger partial charge in [0, 0.05) is 11.3 Å². The lowest BCUT2D eigenvalue weighted by atomic mass is 10.1. The van der Waals surface area contributed by atoms with Crippen LogP contribution in [0.4, 0.5) is 5.69 Å². The van der Waals surface area contributed by atoms with E-state index in [0.29, 0.717) is 23.5 Å². The van der Waals surface area contributed by atoms with Crippen molar-refractivity contribution in [1.29, 1.82) is 0 Å². The van der Waals surface area contributed by atoms with E-state index in [2.05, 4.69) is 46.8 Å². The summed E-state index contributed by atoms with van der Waals surface area (Å²) < 4.78 is 1.70. The molecule has 144 valence electrons. The number of aryl methyl sites for hydroxylation is 2. The average Bonchev–Trinajstić information content (AvgIpc) is 3.04. The van der Waals surface area contributed by atoms with Crippen molar-refractivity contribution in [3.05, 3.63) is 76.1 Å². The number of benzene rings is 2. The van der Waals surface area contributed by atoms with Crippen LogP contribution in [0.1, 0.15) is 50.2 Å². The third-order valence-corrected chi connectivity index (χ3v) is 4.73. The molecule has 3 aromatic rings. The number of rotatable bonds is 6. The summed E-state index contributed by atoms with van der Waals surface area (Å²) >= 11 is 0. The molecule has 0 radical (unpaired) electrons. The Hall–Kier alpha value is -3.48. The number of nitrogens with one attached hydrogen (secondary N) is 1. The zero-order chi connectivity index (χ0) is 20.3. The lowest BCUT2D eigenvalue weighted by Crippen LogP contribution is -2.17. The standard InChI is InChI=1S/C21H23N5O2/c1-4-15-6-8-16(9-7-15)12-26-14(3)19(24-25-26)21(28)23-18-11-17(20(22)27)10-5-13(18)2/h5-11H,4,12H2,1-3H3,(H2,22,27)(H,23,28). The average molecular weight is 377 g/mol. The molecule has 7 nitrogen and oxygen atoms in total. The van der Waals surface area contributed by atoms with Gasteiger partial charge in [0.2, 0.25) is 5.91 Å². The zero-order valence-corrected chi connectivity index (χ0v) is 16.2. The number of aromatic nitrogens is 3. The Morgan fingerprint density at radius 3 is 2.39 bits per heavy atom. The molecular formula is C21H23N5O2. The molecule has 0 fully saturated rings. The minimum atomic E-state index is -0.549. The Bertz CT molecular complexity index is 1020. The van der Waals surface area contributed by atoms with Gasteiger partial charge in [-0.2, -0.15) is 0 Å². The van der Waals surface area contributed by atoms with E-state index in [4.69, 9.17) is 5.73 Å². The largest absolute Gasteiger partial charge is 0.366 e. The highest BCUT2D eigenvalue weighted by atomic mass is 16.2. The highest BCUT2D eigenvalue weighted by Gasteiger charge is 2.18. The Labute approximate surface area is 163 Å². The molecule has 0 atom stereocenters. The Morgan fingerprint density at radius 1 is 1.07 bits per heavy atom. The third-order valence-electron chi connectivity index (χ3n) is 4.73. The quantitative estimate of drug-likeness (QED) is 0.689. The van der Waals surface area contributed by atoms with Crippen LogP contribution in [0.15, 0.2) is 42.5 Å². The molecule has 0 spiro atoms. The number of hydrogen-bond donors (Lipinski definition) is 2. The first-order valence-electron chi connectivity index (χ1n) is 9.08. The van der Waals surface area contributed by atoms with Gasteiger partial charge in [-0.25, -0.2) is 4.68 Å². The van der Waals surface area contributed by atoms with Gasteiger partial charge in [-0.3, -0.25) is 9.59 Å². The fourth-order valence-corrected chi connectivity index (χ4v) is 2.87. The number of anilines is 1. The van der Waals surface area contributed by atoms with Crippen LogP contribution in [-0.4, -0.2) is 26.8 Å². The summed E-state index contributed by atoms with van der Waals surface area (Å²) in [6, 6.07) is 13.2. The van der Waals surface area contributed by atoms with Gasteiger partial charge in [0.15, 0.2) is 5.69 Å². The molecule has 0 saturated heterocycles. The Morgan fingerprint density at radius 2 is 1.75 bits per heavy atom. The number of carbonyl (C=O) groups excluding carboxylic acids is 2. The maximum atomic E-state index is 12.7. The van der Waals surface area contributed by atoms with E-state index in [1.54, 1.807) is 22.9 Å². The normalized spacial score (nSPS) is 10.7. The minimum Gasteiger partial charge on any atom is -0.366 e. The monoisotopic (exact) mass is 377 g/mol. The molecule has 7 heteroatoms. The molecule has 0 saturated carbocycles. The molecule has 28 heavy (non-hydrogen) atoms. The molecular weight excluding hydrogens is 354 g/mol. The first-order chi connectivity index (χ1) is 13.4. The first-order valence-corrected chi connectivity index (χ1v) is 9.08. The van der Waals surface area contributed by atoms with Crippen LogP contribution < -0.4 is 11.1 Å². The van der Waals surface area contributed by atoms with Crippen LogP contribution in [0.2, 0.25) is 0 Å². The Kier molecular flexibility index (Phi) is 5.54. The molecule has 1 aromatic heterocycles. The number of nitrogens with zero attached hydrogens (tertiary/aromatic N) is 3. The lowest BCUT2D eigenvalue weighted by Gasteiger charge is -2.09. The molecule has 3 N–H and O–H groups in total. The van der Waals surface area contributed by atoms with Crippen molar-refractivity contribution < 1.29 is 9.59 Å². The summed E-state index contributed by atoms with van der Waals surface area (Å²) in [6.45, 7) is 6.29. The number of hydrogen-bond acceptors (Lipinski definition) is 4. The molecule has 0 bridgehead atoms. The topological polar surface area (TPSA) is 103 Å². The summed E-state index contributed by atoms with van der Waals surface area (Å²) in [5, 5.41) is 10.9. The van der Waals surface area contributed by atoms with Gasteiger partial charge >= 0.3 is 0 Å². The van der Waals surface area contributed by atoms with E-state index >= 15 is 0 Å². The first kappa shape index (κ1) is 19.3. The van der Waals surface area contributed by atoms with Gasteiger partial charge in [0.05, 0.1) is 12.2 Å². The van der Waals surface area contributed by atoms with Crippen molar-refractivity contribution in [3.63, 3.8) is 0 Å². The second-order valence-corrected chi connectivity index (χ2v) is 6.70. The van der Waals surface area contributed by atoms with Crippen molar-refractivity contribution in [2.24, 2.45) is 5.73 Å². The van der Waals surface area contributed by atoms with Crippen molar-refractivity contribution in [2.75, 3.05) is 5.32 Å². The van der Waals surface area contributed by atoms with E-state index in [1.165, 1.54) is 5.56 Å². The van der Waals surface area contributed by atoms with Crippen molar-refractivity contribution in [1.82, 2.24) is 15.0 Å². The summed E-state index contributed by atoms with van der Waals surface area (Å²) in [7, 11) is 0. The molecule has 0 aliphatic heterocycles. The van der Waals surface area contributed by atoms with Crippen LogP contribution >= 0.6 is 0 Å². The van der Waals surface area contributed by atoms with Crippen LogP contribution in [0, 0.1) is 13.8 Å². The van der Waals surface area contributed by atoms with Crippen LogP contribution in [0.3, 0.4) is 0 Å². The summed E-state index contributed by atoms with van der Waals surface area (Å²) in [5.74, 6) is -0.929. The van der Waals surface area contributed by atoms with Crippen molar-refractivity contribution in [3.8, 4) is 0 Å². The SMILES string of the molecule is CCc1ccc(Cn2nnc(C(=O)Nc3cc(C(N)=O)ccc3C)c2C)cc1. The fraction of sp³-hybridized carbons (Fsp3) is 0.238. The third kappa shape index (κ3) is 4.09. The molecule has 2 amide bonds. The second kappa shape index (κ2) is 8.04. The molecule has 3 rings (SSSR count). The lowest BCUT2D eigenvalue weighted by molar-refractivity contribution is 0.0995. The molecule has 1 heterocycles. The summed E-state index contributed by atoms with van der Waals surface area (Å²) in [4.78, 5) is 24.0. The van der Waals surface area contributed by atoms with E-state index < -0.39 is 5.91 Å². The smallest absolute Gasteiger partial charge is 0.278 e. The number of amides is 2. The molecule has 0 aliphatic carbocycles. The molecule has 0 aliphatic rings. The molecule has 2 aromatic carbocycles. The van der Waals surface area contributed by atoms with Crippen LogP contribution in [-0.2, 0) is 13.0 Å². The summed E-state index contributed by atoms with van der Waals surface area (Å²) in [6.07, 6.45) is 0.989. The van der Waals surface area contributed by atoms with Gasteiger partial charge in [0.1, 0.15) is 0 Å². The van der Waals surface area contributed by atoms with Crippen LogP contribution in [0.5, 0.6) is 0 Å². The van der Waals surface area contributed by atoms with E-state index in [0.717, 1.165) is 17.5 Å². The number of carbonyl (C=O) groups is 2. The van der Waals surface area contributed by atoms with Gasteiger partial charge in [0.25, 0.3) is 5.91 Å². The van der Waals surface area contributed by atoms with Gasteiger partial charge in [-0.05, 0) is 49.1 Å². The van der Waals surface area contributed by atoms with Gasteiger partial charge < -0.3 is 11.1 Å². The minimum absolute atomic E-state index is 0.244. The number of nitrogens with two attached hydrogens (primary N) is 1. The van der Waals surface area contributed by atoms with E-state index in [1.807, 2.05) is 13.8 Å². The molecule has 0 unspecified atom stereocenters. The maximum absolute atomic E-state index is 12.7. The van der Waals surface area contributed by atoms with Crippen LogP contribution in [0.25, 0.3) is 0 Å². The Balaban J connectivity index is 1.78. The predicted octanol–water partition coefficient (Wildman–Crippen LogP) is 2.86. The van der Waals surface area contributed by atoms with Crippen molar-refractivity contribution >= 4 is 17.5 Å². The second-order valence-electron chi connectivity index (χ2n) is 6.70. The van der Waals surface area contributed by atoms with Crippen molar-refractivity contribution in [2.45, 2.75) is 33.7 Å².